The van der Waals surface area contributed by atoms with Crippen LogP contribution in [-0.2, 0) is 6.42 Å². The lowest BCUT2D eigenvalue weighted by molar-refractivity contribution is 0.0628. The van der Waals surface area contributed by atoms with Crippen molar-refractivity contribution in [3.63, 3.8) is 0 Å². The number of benzene rings is 2. The van der Waals surface area contributed by atoms with Gasteiger partial charge in [0, 0.05) is 30.9 Å². The van der Waals surface area contributed by atoms with E-state index in [9.17, 15) is 8.78 Å². The fraction of sp³-hybridized carbons (Fsp3) is 0.562. The SMILES string of the molecule is C=C(c1ccc(-c2ccc(CCC3CCN(CC(F)(CC)CC)CC3)cc2)cc1F)N1CCCCC1. The lowest BCUT2D eigenvalue weighted by Crippen LogP contribution is -2.43. The first-order valence-corrected chi connectivity index (χ1v) is 14.1. The van der Waals surface area contributed by atoms with E-state index in [0.29, 0.717) is 30.9 Å². The Hall–Kier alpha value is -2.20. The van der Waals surface area contributed by atoms with Crippen LogP contribution in [-0.4, -0.2) is 48.2 Å². The molecule has 2 fully saturated rings. The summed E-state index contributed by atoms with van der Waals surface area (Å²) in [5.74, 6) is 0.522. The molecule has 2 nitrogen and oxygen atoms in total. The molecule has 2 saturated heterocycles. The quantitative estimate of drug-likeness (QED) is 0.329. The maximum atomic E-state index is 15.0. The van der Waals surface area contributed by atoms with Crippen molar-refractivity contribution in [1.29, 1.82) is 0 Å². The van der Waals surface area contributed by atoms with Gasteiger partial charge in [0.05, 0.1) is 0 Å². The van der Waals surface area contributed by atoms with Crippen molar-refractivity contribution >= 4 is 5.70 Å². The van der Waals surface area contributed by atoms with Crippen LogP contribution >= 0.6 is 0 Å². The Bertz CT molecular complexity index is 982. The van der Waals surface area contributed by atoms with Crippen molar-refractivity contribution in [2.24, 2.45) is 5.92 Å². The van der Waals surface area contributed by atoms with Gasteiger partial charge in [0.1, 0.15) is 11.5 Å². The van der Waals surface area contributed by atoms with Gasteiger partial charge in [-0.15, -0.1) is 0 Å². The van der Waals surface area contributed by atoms with Crippen LogP contribution in [0, 0.1) is 11.7 Å². The van der Waals surface area contributed by atoms with Crippen LogP contribution in [0.4, 0.5) is 8.78 Å². The van der Waals surface area contributed by atoms with E-state index in [4.69, 9.17) is 0 Å². The van der Waals surface area contributed by atoms with E-state index in [1.807, 2.05) is 26.0 Å². The van der Waals surface area contributed by atoms with Crippen molar-refractivity contribution in [3.05, 3.63) is 66.0 Å². The summed E-state index contributed by atoms with van der Waals surface area (Å²) in [5.41, 5.74) is 3.67. The van der Waals surface area contributed by atoms with E-state index < -0.39 is 5.67 Å². The summed E-state index contributed by atoms with van der Waals surface area (Å²) in [4.78, 5) is 4.54. The maximum Gasteiger partial charge on any atom is 0.133 e. The number of alkyl halides is 1. The zero-order chi connectivity index (χ0) is 25.5. The number of aryl methyl sites for hydroxylation is 1. The van der Waals surface area contributed by atoms with Crippen LogP contribution in [0.25, 0.3) is 16.8 Å². The first-order valence-electron chi connectivity index (χ1n) is 14.1. The van der Waals surface area contributed by atoms with Crippen LogP contribution in [0.2, 0.25) is 0 Å². The lowest BCUT2D eigenvalue weighted by atomic mass is 9.89. The Morgan fingerprint density at radius 1 is 0.917 bits per heavy atom. The van der Waals surface area contributed by atoms with E-state index >= 15 is 0 Å². The highest BCUT2D eigenvalue weighted by atomic mass is 19.1. The van der Waals surface area contributed by atoms with Gasteiger partial charge in [0.2, 0.25) is 0 Å². The second kappa shape index (κ2) is 12.4. The number of halogens is 2. The molecule has 0 N–H and O–H groups in total. The van der Waals surface area contributed by atoms with Crippen LogP contribution in [0.5, 0.6) is 0 Å². The van der Waals surface area contributed by atoms with Crippen LogP contribution in [0.1, 0.15) is 76.3 Å². The monoisotopic (exact) mass is 494 g/mol. The van der Waals surface area contributed by atoms with E-state index in [1.54, 1.807) is 6.07 Å². The molecule has 0 unspecified atom stereocenters. The van der Waals surface area contributed by atoms with E-state index in [0.717, 1.165) is 75.1 Å². The van der Waals surface area contributed by atoms with Gasteiger partial charge in [0.25, 0.3) is 0 Å². The standard InChI is InChI=1S/C32H44F2N2/c1-4-32(34,5-2)24-35-21-17-27(18-22-35)10-9-26-11-13-28(14-12-26)29-15-16-30(31(33)23-29)25(3)36-19-7-6-8-20-36/h11-16,23,27H,3-10,17-22,24H2,1-2H3. The van der Waals surface area contributed by atoms with Crippen molar-refractivity contribution in [1.82, 2.24) is 9.80 Å². The molecule has 0 spiro atoms. The van der Waals surface area contributed by atoms with Crippen LogP contribution in [0.3, 0.4) is 0 Å². The van der Waals surface area contributed by atoms with Crippen LogP contribution in [0.15, 0.2) is 49.0 Å². The predicted molar refractivity (Wildman–Crippen MR) is 148 cm³/mol. The molecule has 0 bridgehead atoms. The zero-order valence-electron chi connectivity index (χ0n) is 22.4. The fourth-order valence-corrected chi connectivity index (χ4v) is 5.81. The molecular weight excluding hydrogens is 450 g/mol. The second-order valence-corrected chi connectivity index (χ2v) is 11.0. The molecule has 0 aromatic heterocycles. The molecule has 2 heterocycles. The number of hydrogen-bond acceptors (Lipinski definition) is 2. The number of likely N-dealkylation sites (tertiary alicyclic amines) is 2. The molecule has 2 aliphatic heterocycles. The number of rotatable bonds is 10. The minimum Gasteiger partial charge on any atom is -0.371 e. The molecule has 196 valence electrons. The molecule has 4 rings (SSSR count). The van der Waals surface area contributed by atoms with E-state index in [1.165, 1.54) is 18.4 Å². The molecule has 2 aliphatic rings. The van der Waals surface area contributed by atoms with Gasteiger partial charge in [-0.25, -0.2) is 8.78 Å². The third-order valence-electron chi connectivity index (χ3n) is 8.63. The van der Waals surface area contributed by atoms with E-state index in [-0.39, 0.29) is 5.82 Å². The third kappa shape index (κ3) is 6.76. The van der Waals surface area contributed by atoms with E-state index in [2.05, 4.69) is 40.6 Å². The number of piperidine rings is 2. The molecule has 2 aromatic rings. The molecule has 0 amide bonds. The Labute approximate surface area is 217 Å². The Morgan fingerprint density at radius 2 is 1.56 bits per heavy atom. The summed E-state index contributed by atoms with van der Waals surface area (Å²) >= 11 is 0. The topological polar surface area (TPSA) is 6.48 Å². The Kier molecular flexibility index (Phi) is 9.22. The summed E-state index contributed by atoms with van der Waals surface area (Å²) in [7, 11) is 0. The molecular formula is C32H44F2N2. The predicted octanol–water partition coefficient (Wildman–Crippen LogP) is 8.12. The number of hydrogen-bond donors (Lipinski definition) is 0. The number of nitrogens with zero attached hydrogens (tertiary/aromatic N) is 2. The van der Waals surface area contributed by atoms with Gasteiger partial charge in [-0.3, -0.25) is 0 Å². The highest BCUT2D eigenvalue weighted by molar-refractivity contribution is 5.69. The highest BCUT2D eigenvalue weighted by Gasteiger charge is 2.30. The normalized spacial score (nSPS) is 17.9. The van der Waals surface area contributed by atoms with Crippen LogP contribution < -0.4 is 0 Å². The van der Waals surface area contributed by atoms with Gasteiger partial charge < -0.3 is 9.80 Å². The minimum atomic E-state index is -1.03. The summed E-state index contributed by atoms with van der Waals surface area (Å²) in [6, 6.07) is 14.1. The smallest absolute Gasteiger partial charge is 0.133 e. The third-order valence-corrected chi connectivity index (χ3v) is 8.63. The summed E-state index contributed by atoms with van der Waals surface area (Å²) in [6.07, 6.45) is 9.33. The van der Waals surface area contributed by atoms with Crippen molar-refractivity contribution < 1.29 is 8.78 Å². The molecule has 0 radical (unpaired) electrons. The fourth-order valence-electron chi connectivity index (χ4n) is 5.81. The molecule has 0 aliphatic carbocycles. The molecule has 4 heteroatoms. The molecule has 0 saturated carbocycles. The first kappa shape index (κ1) is 26.9. The first-order chi connectivity index (χ1) is 17.4. The summed E-state index contributed by atoms with van der Waals surface area (Å²) < 4.78 is 29.7. The Morgan fingerprint density at radius 3 is 2.17 bits per heavy atom. The maximum absolute atomic E-state index is 15.0. The average molecular weight is 495 g/mol. The van der Waals surface area contributed by atoms with Gasteiger partial charge in [-0.2, -0.15) is 0 Å². The summed E-state index contributed by atoms with van der Waals surface area (Å²) in [5, 5.41) is 0. The van der Waals surface area contributed by atoms with Crippen molar-refractivity contribution in [3.8, 4) is 11.1 Å². The van der Waals surface area contributed by atoms with Crippen molar-refractivity contribution in [2.45, 2.75) is 77.3 Å². The largest absolute Gasteiger partial charge is 0.371 e. The molecule has 2 aromatic carbocycles. The zero-order valence-corrected chi connectivity index (χ0v) is 22.4. The summed E-state index contributed by atoms with van der Waals surface area (Å²) in [6.45, 7) is 12.6. The average Bonchev–Trinajstić information content (AvgIpc) is 2.93. The van der Waals surface area contributed by atoms with Gasteiger partial charge in [-0.1, -0.05) is 50.8 Å². The van der Waals surface area contributed by atoms with Gasteiger partial charge in [0.15, 0.2) is 0 Å². The lowest BCUT2D eigenvalue weighted by Gasteiger charge is -2.36. The van der Waals surface area contributed by atoms with Gasteiger partial charge in [-0.05, 0) is 106 Å². The second-order valence-electron chi connectivity index (χ2n) is 11.0. The van der Waals surface area contributed by atoms with Crippen molar-refractivity contribution in [2.75, 3.05) is 32.7 Å². The highest BCUT2D eigenvalue weighted by Crippen LogP contribution is 2.30. The molecule has 0 atom stereocenters. The Balaban J connectivity index is 1.27. The molecule has 36 heavy (non-hydrogen) atoms. The van der Waals surface area contributed by atoms with Gasteiger partial charge >= 0.3 is 0 Å². The minimum absolute atomic E-state index is 0.193.